The van der Waals surface area contributed by atoms with Gasteiger partial charge in [-0.15, -0.1) is 0 Å². The van der Waals surface area contributed by atoms with Crippen LogP contribution in [-0.2, 0) is 4.79 Å². The fourth-order valence-corrected chi connectivity index (χ4v) is 3.60. The van der Waals surface area contributed by atoms with Crippen LogP contribution in [0.5, 0.6) is 5.75 Å². The highest BCUT2D eigenvalue weighted by molar-refractivity contribution is 5.81. The van der Waals surface area contributed by atoms with Gasteiger partial charge in [-0.25, -0.2) is 4.39 Å². The van der Waals surface area contributed by atoms with Gasteiger partial charge in [0.1, 0.15) is 11.6 Å². The van der Waals surface area contributed by atoms with Crippen molar-refractivity contribution in [1.29, 1.82) is 0 Å². The van der Waals surface area contributed by atoms with E-state index in [1.807, 2.05) is 6.92 Å². The number of amides is 1. The molecule has 1 fully saturated rings. The van der Waals surface area contributed by atoms with Crippen molar-refractivity contribution in [1.82, 2.24) is 10.2 Å². The summed E-state index contributed by atoms with van der Waals surface area (Å²) in [4.78, 5) is 14.8. The standard InChI is InChI=1S/C20H31FN2O2/c1-4-19(25-18-8-6-17(21)7-9-18)20(24)22-10-5-11-23-13-15(2)12-16(3)14-23/h6-9,15-16,19H,4-5,10-14H2,1-3H3,(H,22,24)/t15-,16-,19-/m1/s1. The zero-order valence-corrected chi connectivity index (χ0v) is 15.6. The van der Waals surface area contributed by atoms with E-state index in [-0.39, 0.29) is 11.7 Å². The van der Waals surface area contributed by atoms with E-state index in [4.69, 9.17) is 4.74 Å². The monoisotopic (exact) mass is 350 g/mol. The van der Waals surface area contributed by atoms with E-state index in [1.54, 1.807) is 12.1 Å². The number of benzene rings is 1. The topological polar surface area (TPSA) is 41.6 Å². The number of likely N-dealkylation sites (tertiary alicyclic amines) is 1. The zero-order valence-electron chi connectivity index (χ0n) is 15.6. The summed E-state index contributed by atoms with van der Waals surface area (Å²) in [5.74, 6) is 1.61. The molecule has 0 aromatic heterocycles. The number of nitrogens with one attached hydrogen (secondary N) is 1. The predicted molar refractivity (Wildman–Crippen MR) is 98.1 cm³/mol. The van der Waals surface area contributed by atoms with Crippen LogP contribution >= 0.6 is 0 Å². The van der Waals surface area contributed by atoms with E-state index in [0.29, 0.717) is 18.7 Å². The van der Waals surface area contributed by atoms with E-state index in [0.717, 1.165) is 37.9 Å². The molecule has 140 valence electrons. The van der Waals surface area contributed by atoms with Crippen LogP contribution in [0.1, 0.15) is 40.0 Å². The number of carbonyl (C=O) groups is 1. The summed E-state index contributed by atoms with van der Waals surface area (Å²) >= 11 is 0. The molecule has 25 heavy (non-hydrogen) atoms. The minimum absolute atomic E-state index is 0.104. The predicted octanol–water partition coefficient (Wildman–Crippen LogP) is 3.47. The number of piperidine rings is 1. The minimum atomic E-state index is -0.541. The van der Waals surface area contributed by atoms with Gasteiger partial charge in [0.15, 0.2) is 6.10 Å². The summed E-state index contributed by atoms with van der Waals surface area (Å²) in [5.41, 5.74) is 0. The van der Waals surface area contributed by atoms with Crippen LogP contribution < -0.4 is 10.1 Å². The van der Waals surface area contributed by atoms with Gasteiger partial charge in [0.05, 0.1) is 0 Å². The van der Waals surface area contributed by atoms with E-state index in [9.17, 15) is 9.18 Å². The summed E-state index contributed by atoms with van der Waals surface area (Å²) < 4.78 is 18.6. The molecule has 1 aromatic rings. The number of hydrogen-bond acceptors (Lipinski definition) is 3. The number of rotatable bonds is 8. The highest BCUT2D eigenvalue weighted by Gasteiger charge is 2.21. The van der Waals surface area contributed by atoms with Crippen molar-refractivity contribution in [2.75, 3.05) is 26.2 Å². The zero-order chi connectivity index (χ0) is 18.2. The molecule has 1 aliphatic heterocycles. The second kappa shape index (κ2) is 9.76. The Morgan fingerprint density at radius 2 is 1.92 bits per heavy atom. The van der Waals surface area contributed by atoms with Crippen LogP contribution in [0.25, 0.3) is 0 Å². The normalized spacial score (nSPS) is 22.4. The molecule has 0 unspecified atom stereocenters. The molecule has 1 heterocycles. The maximum atomic E-state index is 12.9. The molecule has 3 atom stereocenters. The average Bonchev–Trinajstić information content (AvgIpc) is 2.57. The van der Waals surface area contributed by atoms with Gasteiger partial charge >= 0.3 is 0 Å². The molecule has 0 spiro atoms. The van der Waals surface area contributed by atoms with Gasteiger partial charge in [-0.3, -0.25) is 4.79 Å². The maximum Gasteiger partial charge on any atom is 0.261 e. The van der Waals surface area contributed by atoms with E-state index in [1.165, 1.54) is 18.6 Å². The molecule has 1 N–H and O–H groups in total. The molecule has 5 heteroatoms. The highest BCUT2D eigenvalue weighted by Crippen LogP contribution is 2.20. The second-order valence-corrected chi connectivity index (χ2v) is 7.32. The Morgan fingerprint density at radius 3 is 2.52 bits per heavy atom. The van der Waals surface area contributed by atoms with Gasteiger partial charge in [0.2, 0.25) is 0 Å². The maximum absolute atomic E-state index is 12.9. The third kappa shape index (κ3) is 6.65. The van der Waals surface area contributed by atoms with Gasteiger partial charge in [0.25, 0.3) is 5.91 Å². The Morgan fingerprint density at radius 1 is 1.28 bits per heavy atom. The van der Waals surface area contributed by atoms with E-state index in [2.05, 4.69) is 24.1 Å². The first-order valence-electron chi connectivity index (χ1n) is 9.40. The lowest BCUT2D eigenvalue weighted by Gasteiger charge is -2.35. The summed E-state index contributed by atoms with van der Waals surface area (Å²) in [7, 11) is 0. The summed E-state index contributed by atoms with van der Waals surface area (Å²) in [6.07, 6.45) is 2.29. The highest BCUT2D eigenvalue weighted by atomic mass is 19.1. The van der Waals surface area contributed by atoms with Crippen LogP contribution in [-0.4, -0.2) is 43.1 Å². The molecule has 0 aliphatic carbocycles. The number of hydrogen-bond donors (Lipinski definition) is 1. The van der Waals surface area contributed by atoms with Crippen molar-refractivity contribution in [3.05, 3.63) is 30.1 Å². The molecule has 1 amide bonds. The fraction of sp³-hybridized carbons (Fsp3) is 0.650. The van der Waals surface area contributed by atoms with Crippen LogP contribution in [0.4, 0.5) is 4.39 Å². The molecule has 0 bridgehead atoms. The number of nitrogens with zero attached hydrogens (tertiary/aromatic N) is 1. The Kier molecular flexibility index (Phi) is 7.69. The lowest BCUT2D eigenvalue weighted by Crippen LogP contribution is -2.41. The third-order valence-corrected chi connectivity index (χ3v) is 4.65. The Bertz CT molecular complexity index is 525. The van der Waals surface area contributed by atoms with Crippen molar-refractivity contribution >= 4 is 5.91 Å². The lowest BCUT2D eigenvalue weighted by atomic mass is 9.92. The molecule has 1 saturated heterocycles. The third-order valence-electron chi connectivity index (χ3n) is 4.65. The first-order valence-corrected chi connectivity index (χ1v) is 9.40. The smallest absolute Gasteiger partial charge is 0.261 e. The van der Waals surface area contributed by atoms with Gasteiger partial charge in [-0.1, -0.05) is 20.8 Å². The van der Waals surface area contributed by atoms with Gasteiger partial charge < -0.3 is 15.0 Å². The lowest BCUT2D eigenvalue weighted by molar-refractivity contribution is -0.128. The van der Waals surface area contributed by atoms with Crippen molar-refractivity contribution in [2.45, 2.75) is 46.1 Å². The summed E-state index contributed by atoms with van der Waals surface area (Å²) in [5, 5.41) is 2.96. The molecule has 0 saturated carbocycles. The fourth-order valence-electron chi connectivity index (χ4n) is 3.60. The van der Waals surface area contributed by atoms with Crippen LogP contribution in [0, 0.1) is 17.7 Å². The van der Waals surface area contributed by atoms with Crippen LogP contribution in [0.3, 0.4) is 0 Å². The number of ether oxygens (including phenoxy) is 1. The molecule has 4 nitrogen and oxygen atoms in total. The van der Waals surface area contributed by atoms with Crippen molar-refractivity contribution in [3.8, 4) is 5.75 Å². The number of halogens is 1. The first kappa shape index (κ1) is 19.7. The molecule has 0 radical (unpaired) electrons. The molecular formula is C20H31FN2O2. The van der Waals surface area contributed by atoms with E-state index >= 15 is 0 Å². The Hall–Kier alpha value is -1.62. The SMILES string of the molecule is CC[C@@H](Oc1ccc(F)cc1)C(=O)NCCCN1C[C@H](C)C[C@@H](C)C1. The summed E-state index contributed by atoms with van der Waals surface area (Å²) in [6.45, 7) is 10.5. The van der Waals surface area contributed by atoms with Crippen LogP contribution in [0.2, 0.25) is 0 Å². The molecule has 1 aliphatic rings. The van der Waals surface area contributed by atoms with E-state index < -0.39 is 6.10 Å². The van der Waals surface area contributed by atoms with Crippen molar-refractivity contribution in [3.63, 3.8) is 0 Å². The second-order valence-electron chi connectivity index (χ2n) is 7.32. The van der Waals surface area contributed by atoms with Gasteiger partial charge in [-0.05, 0) is 61.9 Å². The Balaban J connectivity index is 1.70. The van der Waals surface area contributed by atoms with Gasteiger partial charge in [0, 0.05) is 19.6 Å². The van der Waals surface area contributed by atoms with Crippen molar-refractivity contribution in [2.24, 2.45) is 11.8 Å². The Labute approximate surface area is 150 Å². The first-order chi connectivity index (χ1) is 12.0. The average molecular weight is 350 g/mol. The van der Waals surface area contributed by atoms with Gasteiger partial charge in [-0.2, -0.15) is 0 Å². The van der Waals surface area contributed by atoms with Crippen LogP contribution in [0.15, 0.2) is 24.3 Å². The molecule has 1 aromatic carbocycles. The molecule has 2 rings (SSSR count). The van der Waals surface area contributed by atoms with Crippen molar-refractivity contribution < 1.29 is 13.9 Å². The quantitative estimate of drug-likeness (QED) is 0.730. The minimum Gasteiger partial charge on any atom is -0.481 e. The number of carbonyl (C=O) groups excluding carboxylic acids is 1. The summed E-state index contributed by atoms with van der Waals surface area (Å²) in [6, 6.07) is 5.76. The molecular weight excluding hydrogens is 319 g/mol. The largest absolute Gasteiger partial charge is 0.481 e.